The summed E-state index contributed by atoms with van der Waals surface area (Å²) >= 11 is 0. The van der Waals surface area contributed by atoms with Crippen molar-refractivity contribution < 1.29 is 13.2 Å². The number of sulfone groups is 1. The van der Waals surface area contributed by atoms with Crippen LogP contribution in [0.3, 0.4) is 0 Å². The minimum absolute atomic E-state index is 0.0887. The van der Waals surface area contributed by atoms with Crippen LogP contribution in [0.4, 0.5) is 0 Å². The predicted octanol–water partition coefficient (Wildman–Crippen LogP) is 1.93. The molecule has 120 valence electrons. The normalized spacial score (nSPS) is 28.5. The van der Waals surface area contributed by atoms with Crippen molar-refractivity contribution >= 4 is 15.7 Å². The minimum atomic E-state index is -3.07. The SMILES string of the molecule is CC1(C(=O)N2CCC(S(C)(=O)=O)C2)CCCc2ccccc21. The van der Waals surface area contributed by atoms with Gasteiger partial charge in [-0.2, -0.15) is 0 Å². The molecular formula is C17H23NO3S. The van der Waals surface area contributed by atoms with Crippen LogP contribution in [0.15, 0.2) is 24.3 Å². The van der Waals surface area contributed by atoms with Crippen molar-refractivity contribution in [3.05, 3.63) is 35.4 Å². The van der Waals surface area contributed by atoms with E-state index in [1.807, 2.05) is 19.1 Å². The zero-order valence-corrected chi connectivity index (χ0v) is 14.0. The molecule has 0 spiro atoms. The third kappa shape index (κ3) is 2.56. The second-order valence-electron chi connectivity index (χ2n) is 6.83. The molecule has 5 heteroatoms. The van der Waals surface area contributed by atoms with Crippen molar-refractivity contribution in [1.82, 2.24) is 4.90 Å². The Morgan fingerprint density at radius 3 is 2.73 bits per heavy atom. The highest BCUT2D eigenvalue weighted by molar-refractivity contribution is 7.91. The number of rotatable bonds is 2. The molecule has 0 aromatic heterocycles. The van der Waals surface area contributed by atoms with Gasteiger partial charge in [0, 0.05) is 19.3 Å². The Bertz CT molecular complexity index is 698. The molecule has 0 saturated carbocycles. The first-order valence-electron chi connectivity index (χ1n) is 7.89. The van der Waals surface area contributed by atoms with E-state index in [9.17, 15) is 13.2 Å². The van der Waals surface area contributed by atoms with Crippen molar-refractivity contribution in [1.29, 1.82) is 0 Å². The van der Waals surface area contributed by atoms with Crippen molar-refractivity contribution in [2.24, 2.45) is 0 Å². The number of hydrogen-bond acceptors (Lipinski definition) is 3. The van der Waals surface area contributed by atoms with Crippen molar-refractivity contribution in [2.75, 3.05) is 19.3 Å². The van der Waals surface area contributed by atoms with Gasteiger partial charge in [0.25, 0.3) is 0 Å². The van der Waals surface area contributed by atoms with E-state index in [1.165, 1.54) is 11.8 Å². The maximum absolute atomic E-state index is 13.1. The average Bonchev–Trinajstić information content (AvgIpc) is 2.97. The van der Waals surface area contributed by atoms with E-state index in [4.69, 9.17) is 0 Å². The summed E-state index contributed by atoms with van der Waals surface area (Å²) in [6.07, 6.45) is 4.68. The molecule has 2 atom stereocenters. The van der Waals surface area contributed by atoms with Gasteiger partial charge in [0.05, 0.1) is 10.7 Å². The van der Waals surface area contributed by atoms with Gasteiger partial charge in [0.2, 0.25) is 5.91 Å². The molecule has 4 nitrogen and oxygen atoms in total. The average molecular weight is 321 g/mol. The number of nitrogens with zero attached hydrogens (tertiary/aromatic N) is 1. The molecule has 2 aliphatic rings. The van der Waals surface area contributed by atoms with Gasteiger partial charge in [-0.15, -0.1) is 0 Å². The molecule has 1 heterocycles. The summed E-state index contributed by atoms with van der Waals surface area (Å²) in [6, 6.07) is 8.16. The zero-order valence-electron chi connectivity index (χ0n) is 13.2. The molecular weight excluding hydrogens is 298 g/mol. The largest absolute Gasteiger partial charge is 0.341 e. The lowest BCUT2D eigenvalue weighted by Crippen LogP contribution is -2.46. The van der Waals surface area contributed by atoms with Gasteiger partial charge in [0.15, 0.2) is 9.84 Å². The van der Waals surface area contributed by atoms with Crippen LogP contribution in [0.5, 0.6) is 0 Å². The minimum Gasteiger partial charge on any atom is -0.341 e. The molecule has 0 radical (unpaired) electrons. The number of aryl methyl sites for hydroxylation is 1. The van der Waals surface area contributed by atoms with Crippen molar-refractivity contribution in [2.45, 2.75) is 43.3 Å². The van der Waals surface area contributed by atoms with Gasteiger partial charge in [-0.3, -0.25) is 4.79 Å². The standard InChI is InChI=1S/C17H23NO3S/c1-17(10-5-7-13-6-3-4-8-15(13)17)16(19)18-11-9-14(12-18)22(2,20)21/h3-4,6,8,14H,5,7,9-12H2,1-2H3. The molecule has 1 aromatic rings. The lowest BCUT2D eigenvalue weighted by atomic mass is 9.70. The van der Waals surface area contributed by atoms with Crippen molar-refractivity contribution in [3.8, 4) is 0 Å². The molecule has 1 fully saturated rings. The Labute approximate surface area is 132 Å². The maximum atomic E-state index is 13.1. The number of hydrogen-bond donors (Lipinski definition) is 0. The first kappa shape index (κ1) is 15.5. The number of carbonyl (C=O) groups excluding carboxylic acids is 1. The van der Waals surface area contributed by atoms with Crippen LogP contribution in [0, 0.1) is 0 Å². The number of benzene rings is 1. The van der Waals surface area contributed by atoms with Crippen LogP contribution < -0.4 is 0 Å². The van der Waals surface area contributed by atoms with E-state index in [0.717, 1.165) is 24.8 Å². The zero-order chi connectivity index (χ0) is 16.0. The van der Waals surface area contributed by atoms with Gasteiger partial charge >= 0.3 is 0 Å². The summed E-state index contributed by atoms with van der Waals surface area (Å²) in [5.74, 6) is 0.0887. The summed E-state index contributed by atoms with van der Waals surface area (Å²) in [7, 11) is -3.07. The highest BCUT2D eigenvalue weighted by Crippen LogP contribution is 2.39. The molecule has 0 N–H and O–H groups in total. The predicted molar refractivity (Wildman–Crippen MR) is 86.6 cm³/mol. The summed E-state index contributed by atoms with van der Waals surface area (Å²) in [5, 5.41) is -0.404. The van der Waals surface area contributed by atoms with E-state index >= 15 is 0 Å². The Kier molecular flexibility index (Phi) is 3.79. The van der Waals surface area contributed by atoms with Crippen molar-refractivity contribution in [3.63, 3.8) is 0 Å². The quantitative estimate of drug-likeness (QED) is 0.836. The Morgan fingerprint density at radius 2 is 2.05 bits per heavy atom. The first-order valence-corrected chi connectivity index (χ1v) is 9.84. The molecule has 1 saturated heterocycles. The molecule has 1 aliphatic heterocycles. The Morgan fingerprint density at radius 1 is 1.32 bits per heavy atom. The monoisotopic (exact) mass is 321 g/mol. The fourth-order valence-corrected chi connectivity index (χ4v) is 4.86. The third-order valence-electron chi connectivity index (χ3n) is 5.24. The number of fused-ring (bicyclic) bond motifs is 1. The smallest absolute Gasteiger partial charge is 0.232 e. The van der Waals surface area contributed by atoms with Crippen LogP contribution in [0.2, 0.25) is 0 Å². The Balaban J connectivity index is 1.87. The van der Waals surface area contributed by atoms with E-state index < -0.39 is 20.5 Å². The highest BCUT2D eigenvalue weighted by Gasteiger charge is 2.44. The highest BCUT2D eigenvalue weighted by atomic mass is 32.2. The molecule has 1 amide bonds. The van der Waals surface area contributed by atoms with Crippen LogP contribution in [-0.2, 0) is 26.5 Å². The van der Waals surface area contributed by atoms with E-state index in [0.29, 0.717) is 19.5 Å². The number of likely N-dealkylation sites (tertiary alicyclic amines) is 1. The summed E-state index contributed by atoms with van der Waals surface area (Å²) in [4.78, 5) is 14.8. The molecule has 0 bridgehead atoms. The fraction of sp³-hybridized carbons (Fsp3) is 0.588. The summed E-state index contributed by atoms with van der Waals surface area (Å²) in [5.41, 5.74) is 1.86. The summed E-state index contributed by atoms with van der Waals surface area (Å²) in [6.45, 7) is 2.91. The maximum Gasteiger partial charge on any atom is 0.232 e. The third-order valence-corrected chi connectivity index (χ3v) is 6.84. The fourth-order valence-electron chi connectivity index (χ4n) is 3.88. The second kappa shape index (κ2) is 5.37. The lowest BCUT2D eigenvalue weighted by molar-refractivity contribution is -0.136. The molecule has 1 aromatic carbocycles. The summed E-state index contributed by atoms with van der Waals surface area (Å²) < 4.78 is 23.4. The Hall–Kier alpha value is -1.36. The van der Waals surface area contributed by atoms with Gasteiger partial charge in [-0.25, -0.2) is 8.42 Å². The molecule has 3 rings (SSSR count). The lowest BCUT2D eigenvalue weighted by Gasteiger charge is -2.37. The van der Waals surface area contributed by atoms with E-state index in [2.05, 4.69) is 12.1 Å². The van der Waals surface area contributed by atoms with Gasteiger partial charge in [0.1, 0.15) is 0 Å². The van der Waals surface area contributed by atoms with Crippen LogP contribution in [0.25, 0.3) is 0 Å². The van der Waals surface area contributed by atoms with Gasteiger partial charge < -0.3 is 4.90 Å². The van der Waals surface area contributed by atoms with Crippen LogP contribution >= 0.6 is 0 Å². The van der Waals surface area contributed by atoms with Gasteiger partial charge in [-0.05, 0) is 43.7 Å². The molecule has 1 aliphatic carbocycles. The van der Waals surface area contributed by atoms with E-state index in [1.54, 1.807) is 4.90 Å². The van der Waals surface area contributed by atoms with Crippen LogP contribution in [-0.4, -0.2) is 43.8 Å². The first-order chi connectivity index (χ1) is 10.3. The van der Waals surface area contributed by atoms with Gasteiger partial charge in [-0.1, -0.05) is 24.3 Å². The molecule has 22 heavy (non-hydrogen) atoms. The topological polar surface area (TPSA) is 54.5 Å². The number of amides is 1. The molecule has 2 unspecified atom stereocenters. The number of carbonyl (C=O) groups is 1. The second-order valence-corrected chi connectivity index (χ2v) is 9.16. The van der Waals surface area contributed by atoms with Crippen LogP contribution in [0.1, 0.15) is 37.3 Å². The van der Waals surface area contributed by atoms with E-state index in [-0.39, 0.29) is 5.91 Å².